The third-order valence-electron chi connectivity index (χ3n) is 4.38. The highest BCUT2D eigenvalue weighted by Crippen LogP contribution is 2.38. The molecule has 142 valence electrons. The van der Waals surface area contributed by atoms with Gasteiger partial charge in [-0.2, -0.15) is 0 Å². The van der Waals surface area contributed by atoms with Crippen LogP contribution in [0.3, 0.4) is 0 Å². The van der Waals surface area contributed by atoms with E-state index in [2.05, 4.69) is 5.32 Å². The molecule has 0 bridgehead atoms. The number of anilines is 1. The van der Waals surface area contributed by atoms with E-state index in [-0.39, 0.29) is 10.7 Å². The maximum Gasteiger partial charge on any atom is 0.252 e. The average molecular weight is 397 g/mol. The van der Waals surface area contributed by atoms with Gasteiger partial charge in [-0.05, 0) is 24.3 Å². The molecule has 0 spiro atoms. The first kappa shape index (κ1) is 19.2. The first-order chi connectivity index (χ1) is 12.8. The molecular weight excluding hydrogens is 381 g/mol. The highest BCUT2D eigenvalue weighted by atomic mass is 35.5. The van der Waals surface area contributed by atoms with Gasteiger partial charge in [-0.15, -0.1) is 0 Å². The summed E-state index contributed by atoms with van der Waals surface area (Å²) in [6.45, 7) is 0. The van der Waals surface area contributed by atoms with Crippen molar-refractivity contribution in [3.8, 4) is 0 Å². The minimum Gasteiger partial charge on any atom is -0.351 e. The number of alkyl halides is 2. The lowest BCUT2D eigenvalue weighted by atomic mass is 9.87. The van der Waals surface area contributed by atoms with Crippen LogP contribution in [-0.2, 0) is 9.59 Å². The smallest absolute Gasteiger partial charge is 0.252 e. The number of carbonyl (C=O) groups excluding carboxylic acids is 2. The number of hydrogen-bond acceptors (Lipinski definition) is 2. The molecule has 0 aromatic heterocycles. The summed E-state index contributed by atoms with van der Waals surface area (Å²) in [5.74, 6) is -4.05. The number of carbonyl (C=O) groups is 2. The number of nitrogens with one attached hydrogen (secondary N) is 1. The van der Waals surface area contributed by atoms with Crippen LogP contribution < -0.4 is 10.2 Å². The van der Waals surface area contributed by atoms with Crippen LogP contribution in [0.4, 0.5) is 18.9 Å². The quantitative estimate of drug-likeness (QED) is 0.747. The molecule has 2 aromatic carbocycles. The minimum atomic E-state index is -2.80. The van der Waals surface area contributed by atoms with Crippen LogP contribution in [-0.4, -0.2) is 24.3 Å². The number of benzene rings is 2. The van der Waals surface area contributed by atoms with Gasteiger partial charge in [0.25, 0.3) is 5.92 Å². The normalized spacial score (nSPS) is 16.9. The maximum atomic E-state index is 13.6. The number of halogens is 4. The molecule has 1 saturated carbocycles. The van der Waals surface area contributed by atoms with Crippen molar-refractivity contribution in [1.29, 1.82) is 0 Å². The fourth-order valence-electron chi connectivity index (χ4n) is 3.07. The van der Waals surface area contributed by atoms with Gasteiger partial charge < -0.3 is 5.32 Å². The van der Waals surface area contributed by atoms with Gasteiger partial charge >= 0.3 is 0 Å². The Kier molecular flexibility index (Phi) is 5.41. The van der Waals surface area contributed by atoms with E-state index in [0.717, 1.165) is 11.0 Å². The van der Waals surface area contributed by atoms with Gasteiger partial charge in [0.2, 0.25) is 12.3 Å². The summed E-state index contributed by atoms with van der Waals surface area (Å²) in [7, 11) is 0. The number of amides is 2. The highest BCUT2D eigenvalue weighted by molar-refractivity contribution is 6.31. The van der Waals surface area contributed by atoms with Crippen LogP contribution in [0.2, 0.25) is 5.02 Å². The van der Waals surface area contributed by atoms with Crippen molar-refractivity contribution >= 4 is 29.6 Å². The molecule has 1 atom stereocenters. The standard InChI is InChI=1S/C19H16ClF3N2O2/c20-16-7-2-1-6-15(16)17(18(27)24-13-9-19(22,23)10-13)25(11-26)14-5-3-4-12(21)8-14/h1-8,11,13,17H,9-10H2,(H,24,27)/t17-/m0/s1. The molecule has 0 unspecified atom stereocenters. The molecule has 1 aliphatic rings. The third-order valence-corrected chi connectivity index (χ3v) is 4.73. The second kappa shape index (κ2) is 7.60. The summed E-state index contributed by atoms with van der Waals surface area (Å²) in [5, 5.41) is 2.75. The Balaban J connectivity index is 1.95. The predicted octanol–water partition coefficient (Wildman–Crippen LogP) is 4.10. The molecule has 0 radical (unpaired) electrons. The molecule has 0 saturated heterocycles. The van der Waals surface area contributed by atoms with Crippen molar-refractivity contribution in [3.05, 3.63) is 64.9 Å². The molecule has 3 rings (SSSR count). The largest absolute Gasteiger partial charge is 0.351 e. The van der Waals surface area contributed by atoms with Gasteiger partial charge in [-0.1, -0.05) is 35.9 Å². The second-order valence-electron chi connectivity index (χ2n) is 6.39. The van der Waals surface area contributed by atoms with Crippen molar-refractivity contribution in [2.75, 3.05) is 4.90 Å². The van der Waals surface area contributed by atoms with Crippen molar-refractivity contribution in [3.63, 3.8) is 0 Å². The van der Waals surface area contributed by atoms with E-state index >= 15 is 0 Å². The first-order valence-corrected chi connectivity index (χ1v) is 8.60. The molecule has 2 aromatic rings. The number of hydrogen-bond donors (Lipinski definition) is 1. The Morgan fingerprint density at radius 2 is 1.93 bits per heavy atom. The van der Waals surface area contributed by atoms with Crippen molar-refractivity contribution in [2.24, 2.45) is 0 Å². The molecule has 2 amide bonds. The molecule has 0 heterocycles. The fourth-order valence-corrected chi connectivity index (χ4v) is 3.30. The number of rotatable bonds is 6. The van der Waals surface area contributed by atoms with Gasteiger partial charge in [0.1, 0.15) is 11.9 Å². The van der Waals surface area contributed by atoms with Crippen molar-refractivity contribution in [2.45, 2.75) is 30.8 Å². The summed E-state index contributed by atoms with van der Waals surface area (Å²) in [4.78, 5) is 25.7. The van der Waals surface area contributed by atoms with E-state index in [4.69, 9.17) is 11.6 Å². The molecule has 1 fully saturated rings. The first-order valence-electron chi connectivity index (χ1n) is 8.22. The Hall–Kier alpha value is -2.54. The van der Waals surface area contributed by atoms with Gasteiger partial charge in [-0.3, -0.25) is 14.5 Å². The SMILES string of the molecule is O=CN(c1cccc(F)c1)[C@H](C(=O)NC1CC(F)(F)C1)c1ccccc1Cl. The van der Waals surface area contributed by atoms with E-state index in [1.807, 2.05) is 0 Å². The average Bonchev–Trinajstić information content (AvgIpc) is 2.58. The van der Waals surface area contributed by atoms with Crippen LogP contribution in [0.5, 0.6) is 0 Å². The molecule has 0 aliphatic heterocycles. The summed E-state index contributed by atoms with van der Waals surface area (Å²) < 4.78 is 39.8. The van der Waals surface area contributed by atoms with E-state index < -0.39 is 42.6 Å². The lowest BCUT2D eigenvalue weighted by Gasteiger charge is -2.37. The summed E-state index contributed by atoms with van der Waals surface area (Å²) in [6.07, 6.45) is -0.540. The van der Waals surface area contributed by atoms with Crippen LogP contribution in [0, 0.1) is 5.82 Å². The van der Waals surface area contributed by atoms with Crippen LogP contribution in [0.25, 0.3) is 0 Å². The maximum absolute atomic E-state index is 13.6. The second-order valence-corrected chi connectivity index (χ2v) is 6.79. The van der Waals surface area contributed by atoms with E-state index in [1.165, 1.54) is 18.2 Å². The summed E-state index contributed by atoms with van der Waals surface area (Å²) >= 11 is 6.20. The van der Waals surface area contributed by atoms with Crippen molar-refractivity contribution < 1.29 is 22.8 Å². The molecule has 1 aliphatic carbocycles. The van der Waals surface area contributed by atoms with Gasteiger partial charge in [0.15, 0.2) is 0 Å². The fraction of sp³-hybridized carbons (Fsp3) is 0.263. The zero-order valence-electron chi connectivity index (χ0n) is 14.0. The lowest BCUT2D eigenvalue weighted by molar-refractivity contribution is -0.131. The minimum absolute atomic E-state index is 0.143. The number of nitrogens with zero attached hydrogens (tertiary/aromatic N) is 1. The third kappa shape index (κ3) is 4.24. The van der Waals surface area contributed by atoms with Crippen LogP contribution in [0.1, 0.15) is 24.4 Å². The molecular formula is C19H16ClF3N2O2. The van der Waals surface area contributed by atoms with Gasteiger partial charge in [0.05, 0.1) is 0 Å². The van der Waals surface area contributed by atoms with Gasteiger partial charge in [-0.25, -0.2) is 13.2 Å². The van der Waals surface area contributed by atoms with Crippen molar-refractivity contribution in [1.82, 2.24) is 5.32 Å². The molecule has 8 heteroatoms. The van der Waals surface area contributed by atoms with Crippen LogP contribution in [0.15, 0.2) is 48.5 Å². The summed E-state index contributed by atoms with van der Waals surface area (Å²) in [6, 6.07) is 9.62. The summed E-state index contributed by atoms with van der Waals surface area (Å²) in [5.41, 5.74) is 0.447. The zero-order valence-corrected chi connectivity index (χ0v) is 14.8. The predicted molar refractivity (Wildman–Crippen MR) is 95.2 cm³/mol. The van der Waals surface area contributed by atoms with Gasteiger partial charge in [0, 0.05) is 35.2 Å². The van der Waals surface area contributed by atoms with E-state index in [1.54, 1.807) is 24.3 Å². The Bertz CT molecular complexity index is 854. The Morgan fingerprint density at radius 3 is 2.52 bits per heavy atom. The molecule has 1 N–H and O–H groups in total. The van der Waals surface area contributed by atoms with E-state index in [9.17, 15) is 22.8 Å². The highest BCUT2D eigenvalue weighted by Gasteiger charge is 2.46. The topological polar surface area (TPSA) is 49.4 Å². The zero-order chi connectivity index (χ0) is 19.6. The molecule has 27 heavy (non-hydrogen) atoms. The molecule has 4 nitrogen and oxygen atoms in total. The monoisotopic (exact) mass is 396 g/mol. The van der Waals surface area contributed by atoms with E-state index in [0.29, 0.717) is 12.0 Å². The lowest BCUT2D eigenvalue weighted by Crippen LogP contribution is -2.53. The Labute approximate surface area is 158 Å². The Morgan fingerprint density at radius 1 is 1.22 bits per heavy atom. The van der Waals surface area contributed by atoms with Crippen LogP contribution >= 0.6 is 11.6 Å².